The van der Waals surface area contributed by atoms with Gasteiger partial charge in [-0.05, 0) is 79.8 Å². The molecule has 11 heteroatoms. The van der Waals surface area contributed by atoms with Gasteiger partial charge in [0, 0.05) is 47.8 Å². The highest BCUT2D eigenvalue weighted by molar-refractivity contribution is 5.95. The van der Waals surface area contributed by atoms with E-state index in [4.69, 9.17) is 24.4 Å². The zero-order chi connectivity index (χ0) is 33.9. The van der Waals surface area contributed by atoms with Crippen molar-refractivity contribution >= 4 is 17.8 Å². The van der Waals surface area contributed by atoms with Crippen molar-refractivity contribution in [2.24, 2.45) is 34.3 Å². The lowest BCUT2D eigenvalue weighted by atomic mass is 9.41. The molecule has 3 aromatic rings. The molecule has 2 saturated carbocycles. The molecule has 0 saturated heterocycles. The van der Waals surface area contributed by atoms with Crippen LogP contribution < -0.4 is 16.1 Å². The highest BCUT2D eigenvalue weighted by Gasteiger charge is 2.70. The van der Waals surface area contributed by atoms with E-state index in [1.165, 1.54) is 31.2 Å². The Morgan fingerprint density at radius 1 is 1.11 bits per heavy atom. The second-order valence-corrected chi connectivity index (χ2v) is 14.0. The third-order valence-corrected chi connectivity index (χ3v) is 11.3. The molecule has 0 spiro atoms. The summed E-state index contributed by atoms with van der Waals surface area (Å²) in [6.07, 6.45) is 2.76. The van der Waals surface area contributed by atoms with E-state index in [2.05, 4.69) is 25.8 Å². The molecule has 3 aliphatic rings. The lowest BCUT2D eigenvalue weighted by Crippen LogP contribution is -2.70. The Balaban J connectivity index is 1.48. The summed E-state index contributed by atoms with van der Waals surface area (Å²) in [5.41, 5.74) is 3.21. The minimum atomic E-state index is -1.32. The SMILES string of the molecule is CC(=O)OCC1(C)C(C)CC[C@@]2(C)C1C[C@H](OC(=O)c1ccc(C(N)=O)cc1)[C@@]1(C)Oc3cc(-c4cccnc4)oc(=O)c3[C@H](O)C21. The third kappa shape index (κ3) is 5.30. The van der Waals surface area contributed by atoms with Gasteiger partial charge >= 0.3 is 17.6 Å². The minimum absolute atomic E-state index is 0.00872. The average Bonchev–Trinajstić information content (AvgIpc) is 3.03. The van der Waals surface area contributed by atoms with Crippen LogP contribution in [0.2, 0.25) is 0 Å². The van der Waals surface area contributed by atoms with Crippen LogP contribution in [0, 0.1) is 28.6 Å². The highest BCUT2D eigenvalue weighted by Crippen LogP contribution is 2.68. The summed E-state index contributed by atoms with van der Waals surface area (Å²) in [7, 11) is 0. The van der Waals surface area contributed by atoms with Gasteiger partial charge in [0.1, 0.15) is 28.8 Å². The number of esters is 2. The van der Waals surface area contributed by atoms with Gasteiger partial charge in [-0.2, -0.15) is 0 Å². The first-order valence-electron chi connectivity index (χ1n) is 15.9. The van der Waals surface area contributed by atoms with Crippen LogP contribution in [-0.4, -0.2) is 46.2 Å². The number of aliphatic hydroxyl groups excluding tert-OH is 1. The van der Waals surface area contributed by atoms with Crippen molar-refractivity contribution in [3.05, 3.63) is 82.0 Å². The Morgan fingerprint density at radius 3 is 2.45 bits per heavy atom. The van der Waals surface area contributed by atoms with Gasteiger partial charge in [0.2, 0.25) is 5.91 Å². The van der Waals surface area contributed by atoms with Crippen LogP contribution in [0.15, 0.2) is 64.1 Å². The highest BCUT2D eigenvalue weighted by atomic mass is 16.6. The maximum atomic E-state index is 13.7. The van der Waals surface area contributed by atoms with Crippen LogP contribution in [0.5, 0.6) is 5.75 Å². The van der Waals surface area contributed by atoms with Crippen molar-refractivity contribution in [1.82, 2.24) is 4.98 Å². The van der Waals surface area contributed by atoms with E-state index >= 15 is 0 Å². The van der Waals surface area contributed by atoms with E-state index in [0.717, 1.165) is 6.42 Å². The number of carbonyl (C=O) groups excluding carboxylic acids is 3. The number of benzene rings is 1. The third-order valence-electron chi connectivity index (χ3n) is 11.3. The lowest BCUT2D eigenvalue weighted by molar-refractivity contribution is -0.257. The molecule has 1 amide bonds. The van der Waals surface area contributed by atoms with Gasteiger partial charge in [0.05, 0.1) is 18.3 Å². The number of nitrogens with zero attached hydrogens (tertiary/aromatic N) is 1. The van der Waals surface area contributed by atoms with E-state index in [1.807, 2.05) is 6.92 Å². The molecule has 0 radical (unpaired) electrons. The summed E-state index contributed by atoms with van der Waals surface area (Å²) >= 11 is 0. The van der Waals surface area contributed by atoms with Crippen LogP contribution in [0.25, 0.3) is 11.3 Å². The summed E-state index contributed by atoms with van der Waals surface area (Å²) in [4.78, 5) is 55.0. The Morgan fingerprint density at radius 2 is 1.81 bits per heavy atom. The van der Waals surface area contributed by atoms with Crippen molar-refractivity contribution in [3.63, 3.8) is 0 Å². The van der Waals surface area contributed by atoms with Crippen LogP contribution >= 0.6 is 0 Å². The average molecular weight is 645 g/mol. The van der Waals surface area contributed by atoms with Crippen LogP contribution in [0.1, 0.15) is 86.3 Å². The summed E-state index contributed by atoms with van der Waals surface area (Å²) in [6, 6.07) is 10.9. The van der Waals surface area contributed by atoms with Gasteiger partial charge in [-0.1, -0.05) is 20.8 Å². The van der Waals surface area contributed by atoms with Gasteiger partial charge in [-0.3, -0.25) is 14.6 Å². The molecule has 3 heterocycles. The number of nitrogens with two attached hydrogens (primary N) is 1. The number of hydrogen-bond donors (Lipinski definition) is 2. The number of aliphatic hydroxyl groups is 1. The number of primary amides is 1. The van der Waals surface area contributed by atoms with Crippen molar-refractivity contribution in [3.8, 4) is 17.1 Å². The molecule has 8 atom stereocenters. The molecule has 1 aliphatic heterocycles. The fourth-order valence-electron chi connectivity index (χ4n) is 8.67. The molecule has 4 unspecified atom stereocenters. The van der Waals surface area contributed by atoms with Gasteiger partial charge in [0.25, 0.3) is 0 Å². The molecule has 6 rings (SSSR count). The molecule has 11 nitrogen and oxygen atoms in total. The van der Waals surface area contributed by atoms with Crippen molar-refractivity contribution in [2.75, 3.05) is 6.61 Å². The molecule has 2 aliphatic carbocycles. The number of carbonyl (C=O) groups is 3. The Kier molecular flexibility index (Phi) is 8.02. The molecule has 248 valence electrons. The molecular weight excluding hydrogens is 604 g/mol. The quantitative estimate of drug-likeness (QED) is 0.354. The zero-order valence-electron chi connectivity index (χ0n) is 27.1. The van der Waals surface area contributed by atoms with E-state index < -0.39 is 58.0 Å². The maximum Gasteiger partial charge on any atom is 0.345 e. The van der Waals surface area contributed by atoms with E-state index in [9.17, 15) is 24.3 Å². The number of hydrogen-bond acceptors (Lipinski definition) is 10. The number of aromatic nitrogens is 1. The lowest BCUT2D eigenvalue weighted by Gasteiger charge is -2.66. The van der Waals surface area contributed by atoms with Crippen LogP contribution in [0.4, 0.5) is 0 Å². The van der Waals surface area contributed by atoms with Crippen LogP contribution in [0.3, 0.4) is 0 Å². The second kappa shape index (κ2) is 11.6. The Labute approximate surface area is 272 Å². The van der Waals surface area contributed by atoms with Gasteiger partial charge in [-0.15, -0.1) is 0 Å². The summed E-state index contributed by atoms with van der Waals surface area (Å²) in [5, 5.41) is 12.3. The molecule has 0 bridgehead atoms. The summed E-state index contributed by atoms with van der Waals surface area (Å²) < 4.78 is 24.4. The molecule has 1 aromatic carbocycles. The monoisotopic (exact) mass is 644 g/mol. The zero-order valence-corrected chi connectivity index (χ0v) is 27.1. The molecule has 2 fully saturated rings. The second-order valence-electron chi connectivity index (χ2n) is 14.0. The number of fused-ring (bicyclic) bond motifs is 4. The molecular formula is C36H40N2O9. The molecule has 2 aromatic heterocycles. The smallest absolute Gasteiger partial charge is 0.345 e. The first-order valence-corrected chi connectivity index (χ1v) is 15.9. The predicted molar refractivity (Wildman–Crippen MR) is 169 cm³/mol. The standard InChI is InChI=1S/C36H40N2O9/c1-19-12-13-34(3)26(35(19,4)18-44-20(2)39)16-27(46-32(42)22-10-8-21(9-11-22)31(37)41)36(5)30(34)29(40)28-25(47-36)15-24(45-33(28)43)23-7-6-14-38-17-23/h6-11,14-15,17,19,26-27,29-30,40H,12-13,16,18H2,1-5H3,(H2,37,41)/t19?,26?,27-,29-,30?,34-,35?,36+/m0/s1. The number of pyridine rings is 1. The minimum Gasteiger partial charge on any atom is -0.482 e. The maximum absolute atomic E-state index is 13.7. The normalized spacial score (nSPS) is 32.5. The summed E-state index contributed by atoms with van der Waals surface area (Å²) in [5.74, 6) is -2.10. The predicted octanol–water partition coefficient (Wildman–Crippen LogP) is 4.85. The summed E-state index contributed by atoms with van der Waals surface area (Å²) in [6.45, 7) is 9.62. The van der Waals surface area contributed by atoms with Gasteiger partial charge < -0.3 is 29.5 Å². The molecule has 47 heavy (non-hydrogen) atoms. The fourth-order valence-corrected chi connectivity index (χ4v) is 8.67. The van der Waals surface area contributed by atoms with E-state index in [-0.39, 0.29) is 46.6 Å². The van der Waals surface area contributed by atoms with Crippen molar-refractivity contribution in [1.29, 1.82) is 0 Å². The Bertz CT molecular complexity index is 1770. The number of rotatable bonds is 6. The first-order chi connectivity index (χ1) is 22.2. The first kappa shape index (κ1) is 32.4. The Hall–Kier alpha value is -4.51. The van der Waals surface area contributed by atoms with E-state index in [1.54, 1.807) is 30.6 Å². The van der Waals surface area contributed by atoms with E-state index in [0.29, 0.717) is 18.4 Å². The fraction of sp³-hybridized carbons (Fsp3) is 0.472. The number of ether oxygens (including phenoxy) is 3. The van der Waals surface area contributed by atoms with Crippen molar-refractivity contribution in [2.45, 2.75) is 71.7 Å². The van der Waals surface area contributed by atoms with Crippen molar-refractivity contribution < 1.29 is 38.1 Å². The number of amides is 1. The van der Waals surface area contributed by atoms with Gasteiger partial charge in [-0.25, -0.2) is 9.59 Å². The van der Waals surface area contributed by atoms with Crippen LogP contribution in [-0.2, 0) is 14.3 Å². The molecule has 3 N–H and O–H groups in total. The topological polar surface area (TPSA) is 168 Å². The largest absolute Gasteiger partial charge is 0.482 e. The van der Waals surface area contributed by atoms with Gasteiger partial charge in [0.15, 0.2) is 0 Å².